The number of fused-ring (bicyclic) bond motifs is 3. The average Bonchev–Trinajstić information content (AvgIpc) is 3.59. The Balaban J connectivity index is 0.00000464. The van der Waals surface area contributed by atoms with Crippen LogP contribution in [0.3, 0.4) is 0 Å². The summed E-state index contributed by atoms with van der Waals surface area (Å²) in [6.07, 6.45) is 4.86. The average molecular weight is 868 g/mol. The summed E-state index contributed by atoms with van der Waals surface area (Å²) >= 11 is 0. The van der Waals surface area contributed by atoms with E-state index in [2.05, 4.69) is 146 Å². The fourth-order valence-electron chi connectivity index (χ4n) is 7.58. The van der Waals surface area contributed by atoms with E-state index in [1.165, 1.54) is 33.4 Å². The molecule has 0 spiro atoms. The maximum Gasteiger partial charge on any atom is 2.00 e. The summed E-state index contributed by atoms with van der Waals surface area (Å²) in [6.45, 7) is 19.9. The van der Waals surface area contributed by atoms with E-state index in [1.54, 1.807) is 0 Å². The Morgan fingerprint density at radius 3 is 2.19 bits per heavy atom. The molecular weight excluding hydrogens is 820 g/mol. The zero-order valence-corrected chi connectivity index (χ0v) is 34.1. The summed E-state index contributed by atoms with van der Waals surface area (Å²) < 4.78 is 10.9. The molecule has 0 unspecified atom stereocenters. The quantitative estimate of drug-likeness (QED) is 0.129. The number of para-hydroxylation sites is 1. The Morgan fingerprint density at radius 2 is 1.50 bits per heavy atom. The van der Waals surface area contributed by atoms with Gasteiger partial charge in [0, 0.05) is 34.5 Å². The zero-order chi connectivity index (χ0) is 36.0. The first-order valence-corrected chi connectivity index (χ1v) is 18.4. The van der Waals surface area contributed by atoms with Crippen LogP contribution in [-0.4, -0.2) is 19.3 Å². The van der Waals surface area contributed by atoms with Crippen LogP contribution in [0.2, 0.25) is 0 Å². The zero-order valence-electron chi connectivity index (χ0n) is 31.8. The van der Waals surface area contributed by atoms with Gasteiger partial charge in [-0.3, -0.25) is 4.68 Å². The minimum atomic E-state index is 0. The number of pyridine rings is 1. The SMILES string of the molecule is CCc1cc(C)cc(CC)c1-c1c(C)nn(-c2[c-]c(Oc3[c-]c4c(cc3)c3ccccc3n4-c3cc(CC(C)C)ccn3)cc(C(C)C)c2)c1C.[Pt+2]. The Bertz CT molecular complexity index is 2370. The molecule has 268 valence electrons. The van der Waals surface area contributed by atoms with Gasteiger partial charge in [-0.15, -0.1) is 41.3 Å². The van der Waals surface area contributed by atoms with Gasteiger partial charge < -0.3 is 9.30 Å². The molecule has 7 aromatic rings. The predicted molar refractivity (Wildman–Crippen MR) is 211 cm³/mol. The molecule has 0 fully saturated rings. The van der Waals surface area contributed by atoms with Gasteiger partial charge in [0.2, 0.25) is 0 Å². The standard InChI is InChI=1S/C46H48N4O.Pt/c1-10-34-21-30(7)22-35(11-2)46(34)45-31(8)48-50(32(45)9)37-24-36(29(5)6)25-39(26-37)51-38-16-17-41-40-14-12-13-15-42(40)49(43(41)27-38)44-23-33(18-19-47-44)20-28(3)4;/h12-19,21-25,28-29H,10-11,20H2,1-9H3;/q-2;+2. The monoisotopic (exact) mass is 867 g/mol. The third-order valence-electron chi connectivity index (χ3n) is 9.96. The molecule has 0 aliphatic heterocycles. The molecule has 0 amide bonds. The third kappa shape index (κ3) is 7.00. The summed E-state index contributed by atoms with van der Waals surface area (Å²) in [5, 5.41) is 7.40. The van der Waals surface area contributed by atoms with Crippen molar-refractivity contribution >= 4 is 21.8 Å². The van der Waals surface area contributed by atoms with E-state index < -0.39 is 0 Å². The van der Waals surface area contributed by atoms with E-state index in [4.69, 9.17) is 14.8 Å². The first kappa shape index (κ1) is 37.3. The summed E-state index contributed by atoms with van der Waals surface area (Å²) in [7, 11) is 0. The maximum absolute atomic E-state index is 6.66. The number of aryl methyl sites for hydroxylation is 4. The minimum absolute atomic E-state index is 0. The van der Waals surface area contributed by atoms with Gasteiger partial charge in [-0.1, -0.05) is 83.0 Å². The van der Waals surface area contributed by atoms with Gasteiger partial charge in [0.25, 0.3) is 0 Å². The Hall–Kier alpha value is -4.47. The molecule has 7 rings (SSSR count). The molecule has 3 aromatic heterocycles. The normalized spacial score (nSPS) is 11.6. The molecule has 3 heterocycles. The van der Waals surface area contributed by atoms with E-state index in [-0.39, 0.29) is 27.0 Å². The topological polar surface area (TPSA) is 44.9 Å². The number of ether oxygens (including phenoxy) is 1. The second kappa shape index (κ2) is 15.2. The Morgan fingerprint density at radius 1 is 0.769 bits per heavy atom. The van der Waals surface area contributed by atoms with Crippen LogP contribution in [0.4, 0.5) is 0 Å². The summed E-state index contributed by atoms with van der Waals surface area (Å²) in [5.74, 6) is 2.99. The summed E-state index contributed by atoms with van der Waals surface area (Å²) in [5.41, 5.74) is 14.0. The van der Waals surface area contributed by atoms with E-state index in [9.17, 15) is 0 Å². The predicted octanol–water partition coefficient (Wildman–Crippen LogP) is 11.8. The van der Waals surface area contributed by atoms with Gasteiger partial charge >= 0.3 is 21.1 Å². The molecule has 0 N–H and O–H groups in total. The molecule has 0 atom stereocenters. The van der Waals surface area contributed by atoms with Gasteiger partial charge in [0.1, 0.15) is 5.82 Å². The number of hydrogen-bond donors (Lipinski definition) is 0. The third-order valence-corrected chi connectivity index (χ3v) is 9.96. The van der Waals surface area contributed by atoms with Crippen LogP contribution in [0.1, 0.15) is 86.7 Å². The second-order valence-corrected chi connectivity index (χ2v) is 14.6. The molecular formula is C46H48N4OPt. The molecule has 0 saturated carbocycles. The molecule has 0 bridgehead atoms. The smallest absolute Gasteiger partial charge is 0.509 e. The van der Waals surface area contributed by atoms with Crippen molar-refractivity contribution in [2.75, 3.05) is 0 Å². The molecule has 4 aromatic carbocycles. The van der Waals surface area contributed by atoms with Crippen molar-refractivity contribution in [1.29, 1.82) is 0 Å². The van der Waals surface area contributed by atoms with Gasteiger partial charge in [-0.25, -0.2) is 4.98 Å². The van der Waals surface area contributed by atoms with Gasteiger partial charge in [-0.2, -0.15) is 11.2 Å². The van der Waals surface area contributed by atoms with Crippen molar-refractivity contribution in [3.8, 4) is 34.1 Å². The van der Waals surface area contributed by atoms with E-state index in [0.29, 0.717) is 17.4 Å². The number of benzene rings is 4. The van der Waals surface area contributed by atoms with Crippen molar-refractivity contribution in [2.45, 2.75) is 87.5 Å². The minimum Gasteiger partial charge on any atom is -0.509 e. The Labute approximate surface area is 323 Å². The van der Waals surface area contributed by atoms with Crippen LogP contribution in [0, 0.1) is 38.8 Å². The number of aromatic nitrogens is 4. The van der Waals surface area contributed by atoms with Crippen LogP contribution >= 0.6 is 0 Å². The first-order chi connectivity index (χ1) is 24.6. The first-order valence-electron chi connectivity index (χ1n) is 18.4. The van der Waals surface area contributed by atoms with Crippen molar-refractivity contribution in [3.63, 3.8) is 0 Å². The fraction of sp³-hybridized carbons (Fsp3) is 0.304. The molecule has 52 heavy (non-hydrogen) atoms. The van der Waals surface area contributed by atoms with Crippen LogP contribution in [0.25, 0.3) is 44.4 Å². The van der Waals surface area contributed by atoms with Gasteiger partial charge in [0.05, 0.1) is 5.69 Å². The van der Waals surface area contributed by atoms with Crippen LogP contribution in [0.5, 0.6) is 11.5 Å². The van der Waals surface area contributed by atoms with Crippen LogP contribution in [-0.2, 0) is 40.3 Å². The Kier molecular flexibility index (Phi) is 10.9. The number of nitrogens with zero attached hydrogens (tertiary/aromatic N) is 4. The van der Waals surface area contributed by atoms with Crippen molar-refractivity contribution in [3.05, 3.63) is 130 Å². The molecule has 5 nitrogen and oxygen atoms in total. The maximum atomic E-state index is 6.66. The summed E-state index contributed by atoms with van der Waals surface area (Å²) in [4.78, 5) is 4.83. The second-order valence-electron chi connectivity index (χ2n) is 14.6. The molecule has 0 aliphatic carbocycles. The molecule has 0 aliphatic rings. The largest absolute Gasteiger partial charge is 2.00 e. The van der Waals surface area contributed by atoms with E-state index in [0.717, 1.165) is 69.5 Å². The van der Waals surface area contributed by atoms with Crippen LogP contribution in [0.15, 0.2) is 79.0 Å². The van der Waals surface area contributed by atoms with Gasteiger partial charge in [0.15, 0.2) is 0 Å². The van der Waals surface area contributed by atoms with Crippen molar-refractivity contribution in [1.82, 2.24) is 19.3 Å². The van der Waals surface area contributed by atoms with Crippen LogP contribution < -0.4 is 4.74 Å². The van der Waals surface area contributed by atoms with E-state index in [1.807, 2.05) is 16.9 Å². The number of hydrogen-bond acceptors (Lipinski definition) is 3. The number of rotatable bonds is 10. The van der Waals surface area contributed by atoms with Gasteiger partial charge in [-0.05, 0) is 103 Å². The van der Waals surface area contributed by atoms with Crippen molar-refractivity contribution in [2.24, 2.45) is 5.92 Å². The molecule has 6 heteroatoms. The molecule has 0 radical (unpaired) electrons. The van der Waals surface area contributed by atoms with Crippen molar-refractivity contribution < 1.29 is 25.8 Å². The summed E-state index contributed by atoms with van der Waals surface area (Å²) in [6, 6.07) is 33.1. The molecule has 0 saturated heterocycles. The van der Waals surface area contributed by atoms with E-state index >= 15 is 0 Å². The fourth-order valence-corrected chi connectivity index (χ4v) is 7.58.